The number of unbranched alkanes of at least 4 members (excludes halogenated alkanes) is 3. The van der Waals surface area contributed by atoms with Crippen LogP contribution in [0.15, 0.2) is 24.3 Å². The normalized spacial score (nSPS) is 16.1. The van der Waals surface area contributed by atoms with Gasteiger partial charge in [-0.05, 0) is 50.1 Å². The van der Waals surface area contributed by atoms with Gasteiger partial charge in [-0.3, -0.25) is 4.79 Å². The fourth-order valence-corrected chi connectivity index (χ4v) is 2.92. The van der Waals surface area contributed by atoms with Crippen LogP contribution in [0, 0.1) is 5.82 Å². The molecule has 1 unspecified atom stereocenters. The van der Waals surface area contributed by atoms with E-state index in [0.717, 1.165) is 32.1 Å². The van der Waals surface area contributed by atoms with E-state index in [1.165, 1.54) is 24.3 Å². The monoisotopic (exact) mass is 386 g/mol. The maximum absolute atomic E-state index is 12.8. The number of hydrogen-bond acceptors (Lipinski definition) is 3. The van der Waals surface area contributed by atoms with E-state index >= 15 is 0 Å². The summed E-state index contributed by atoms with van der Waals surface area (Å²) in [6.07, 6.45) is 5.29. The summed E-state index contributed by atoms with van der Waals surface area (Å²) in [5.74, 6) is -0.199. The summed E-state index contributed by atoms with van der Waals surface area (Å²) >= 11 is 0. The fraction of sp³-hybridized carbons (Fsp3) is 0.556. The molecule has 1 fully saturated rings. The summed E-state index contributed by atoms with van der Waals surface area (Å²) in [7, 11) is 0. The molecule has 1 atom stereocenters. The van der Waals surface area contributed by atoms with Crippen LogP contribution < -0.4 is 16.4 Å². The Morgan fingerprint density at radius 3 is 2.54 bits per heavy atom. The van der Waals surface area contributed by atoms with Gasteiger partial charge in [-0.25, -0.2) is 9.18 Å². The van der Waals surface area contributed by atoms with E-state index in [0.29, 0.717) is 31.7 Å². The number of hydrogen-bond donors (Lipinski definition) is 3. The Morgan fingerprint density at radius 2 is 1.85 bits per heavy atom. The zero-order valence-electron chi connectivity index (χ0n) is 14.9. The molecule has 0 bridgehead atoms. The Balaban J connectivity index is 0.00000338. The highest BCUT2D eigenvalue weighted by atomic mass is 35.5. The smallest absolute Gasteiger partial charge is 0.319 e. The molecule has 3 amide bonds. The molecule has 8 heteroatoms. The van der Waals surface area contributed by atoms with E-state index in [1.54, 1.807) is 0 Å². The molecule has 26 heavy (non-hydrogen) atoms. The highest BCUT2D eigenvalue weighted by Crippen LogP contribution is 2.14. The minimum absolute atomic E-state index is 0. The van der Waals surface area contributed by atoms with Crippen LogP contribution in [0.2, 0.25) is 0 Å². The fourth-order valence-electron chi connectivity index (χ4n) is 2.92. The Kier molecular flexibility index (Phi) is 9.98. The van der Waals surface area contributed by atoms with Crippen molar-refractivity contribution in [3.8, 4) is 0 Å². The van der Waals surface area contributed by atoms with Gasteiger partial charge in [-0.1, -0.05) is 12.8 Å². The van der Waals surface area contributed by atoms with Gasteiger partial charge in [0, 0.05) is 31.2 Å². The summed E-state index contributed by atoms with van der Waals surface area (Å²) in [5.41, 5.74) is 5.98. The zero-order chi connectivity index (χ0) is 18.1. The van der Waals surface area contributed by atoms with Gasteiger partial charge < -0.3 is 21.3 Å². The van der Waals surface area contributed by atoms with Crippen LogP contribution >= 0.6 is 12.4 Å². The summed E-state index contributed by atoms with van der Waals surface area (Å²) in [6.45, 7) is 1.91. The predicted octanol–water partition coefficient (Wildman–Crippen LogP) is 2.88. The second-order valence-electron chi connectivity index (χ2n) is 6.38. The van der Waals surface area contributed by atoms with Crippen molar-refractivity contribution in [3.05, 3.63) is 30.1 Å². The molecule has 1 saturated heterocycles. The number of carbonyl (C=O) groups excluding carboxylic acids is 2. The number of benzene rings is 1. The minimum Gasteiger partial charge on any atom is -0.341 e. The average Bonchev–Trinajstić information content (AvgIpc) is 3.05. The number of nitrogens with one attached hydrogen (secondary N) is 2. The molecule has 4 N–H and O–H groups in total. The lowest BCUT2D eigenvalue weighted by Gasteiger charge is -2.17. The third-order valence-electron chi connectivity index (χ3n) is 4.32. The van der Waals surface area contributed by atoms with Crippen LogP contribution in [0.5, 0.6) is 0 Å². The predicted molar refractivity (Wildman–Crippen MR) is 103 cm³/mol. The van der Waals surface area contributed by atoms with Crippen LogP contribution in [0.4, 0.5) is 14.9 Å². The number of likely N-dealkylation sites (tertiary alicyclic amines) is 1. The summed E-state index contributed by atoms with van der Waals surface area (Å²) in [4.78, 5) is 26.0. The Bertz CT molecular complexity index is 571. The number of nitrogens with two attached hydrogens (primary N) is 1. The first-order valence-electron chi connectivity index (χ1n) is 8.89. The number of rotatable bonds is 8. The van der Waals surface area contributed by atoms with Gasteiger partial charge in [0.1, 0.15) is 5.82 Å². The van der Waals surface area contributed by atoms with Gasteiger partial charge >= 0.3 is 6.03 Å². The zero-order valence-corrected chi connectivity index (χ0v) is 15.7. The van der Waals surface area contributed by atoms with Gasteiger partial charge in [-0.2, -0.15) is 0 Å². The molecule has 0 radical (unpaired) electrons. The van der Waals surface area contributed by atoms with E-state index in [9.17, 15) is 14.0 Å². The molecule has 2 rings (SSSR count). The maximum Gasteiger partial charge on any atom is 0.319 e. The van der Waals surface area contributed by atoms with Crippen molar-refractivity contribution in [2.24, 2.45) is 5.73 Å². The Labute approximate surface area is 160 Å². The number of amides is 3. The van der Waals surface area contributed by atoms with Gasteiger partial charge in [0.05, 0.1) is 0 Å². The van der Waals surface area contributed by atoms with Crippen LogP contribution in [-0.2, 0) is 4.79 Å². The van der Waals surface area contributed by atoms with Crippen molar-refractivity contribution in [3.63, 3.8) is 0 Å². The molecule has 6 nitrogen and oxygen atoms in total. The van der Waals surface area contributed by atoms with Crippen molar-refractivity contribution in [2.45, 2.75) is 44.6 Å². The van der Waals surface area contributed by atoms with Crippen LogP contribution in [0.3, 0.4) is 0 Å². The Hall–Kier alpha value is -1.86. The topological polar surface area (TPSA) is 87.5 Å². The lowest BCUT2D eigenvalue weighted by atomic mass is 10.1. The van der Waals surface area contributed by atoms with Gasteiger partial charge in [0.2, 0.25) is 5.91 Å². The van der Waals surface area contributed by atoms with Crippen molar-refractivity contribution >= 4 is 30.0 Å². The molecular weight excluding hydrogens is 359 g/mol. The number of halogens is 2. The van der Waals surface area contributed by atoms with E-state index in [4.69, 9.17) is 5.73 Å². The highest BCUT2D eigenvalue weighted by molar-refractivity contribution is 5.89. The minimum atomic E-state index is -0.348. The molecule has 0 saturated carbocycles. The SMILES string of the molecule is Cl.NCCCCCCC(=O)N1CCC(NC(=O)Nc2ccc(F)cc2)C1. The first-order valence-corrected chi connectivity index (χ1v) is 8.89. The summed E-state index contributed by atoms with van der Waals surface area (Å²) < 4.78 is 12.8. The van der Waals surface area contributed by atoms with E-state index < -0.39 is 0 Å². The lowest BCUT2D eigenvalue weighted by molar-refractivity contribution is -0.130. The molecule has 0 aliphatic carbocycles. The van der Waals surface area contributed by atoms with Gasteiger partial charge in [-0.15, -0.1) is 12.4 Å². The lowest BCUT2D eigenvalue weighted by Crippen LogP contribution is -2.40. The summed E-state index contributed by atoms with van der Waals surface area (Å²) in [5, 5.41) is 5.52. The third kappa shape index (κ3) is 7.58. The molecular formula is C18H28ClFN4O2. The van der Waals surface area contributed by atoms with Crippen LogP contribution in [-0.4, -0.2) is 42.5 Å². The number of anilines is 1. The average molecular weight is 387 g/mol. The number of carbonyl (C=O) groups is 2. The van der Waals surface area contributed by atoms with Gasteiger partial charge in [0.25, 0.3) is 0 Å². The molecule has 0 spiro atoms. The molecule has 1 aliphatic heterocycles. The maximum atomic E-state index is 12.8. The molecule has 1 heterocycles. The van der Waals surface area contributed by atoms with Crippen molar-refractivity contribution in [2.75, 3.05) is 25.0 Å². The van der Waals surface area contributed by atoms with Crippen molar-refractivity contribution < 1.29 is 14.0 Å². The highest BCUT2D eigenvalue weighted by Gasteiger charge is 2.26. The first kappa shape index (κ1) is 22.2. The quantitative estimate of drug-likeness (QED) is 0.600. The van der Waals surface area contributed by atoms with Gasteiger partial charge in [0.15, 0.2) is 0 Å². The van der Waals surface area contributed by atoms with E-state index in [1.807, 2.05) is 4.90 Å². The molecule has 1 aliphatic rings. The van der Waals surface area contributed by atoms with E-state index in [-0.39, 0.29) is 36.2 Å². The summed E-state index contributed by atoms with van der Waals surface area (Å²) in [6, 6.07) is 5.20. The van der Waals surface area contributed by atoms with Crippen molar-refractivity contribution in [1.29, 1.82) is 0 Å². The second-order valence-corrected chi connectivity index (χ2v) is 6.38. The largest absolute Gasteiger partial charge is 0.341 e. The standard InChI is InChI=1S/C18H27FN4O2.ClH/c19-14-6-8-15(9-7-14)21-18(25)22-16-10-12-23(13-16)17(24)5-3-1-2-4-11-20;/h6-9,16H,1-5,10-13,20H2,(H2,21,22,25);1H. The first-order chi connectivity index (χ1) is 12.1. The number of nitrogens with zero attached hydrogens (tertiary/aromatic N) is 1. The second kappa shape index (κ2) is 11.7. The molecule has 1 aromatic carbocycles. The van der Waals surface area contributed by atoms with E-state index in [2.05, 4.69) is 10.6 Å². The van der Waals surface area contributed by atoms with Crippen molar-refractivity contribution in [1.82, 2.24) is 10.2 Å². The molecule has 0 aromatic heterocycles. The Morgan fingerprint density at radius 1 is 1.15 bits per heavy atom. The number of urea groups is 1. The molecule has 146 valence electrons. The van der Waals surface area contributed by atoms with Crippen LogP contribution in [0.1, 0.15) is 38.5 Å². The van der Waals surface area contributed by atoms with Crippen LogP contribution in [0.25, 0.3) is 0 Å². The third-order valence-corrected chi connectivity index (χ3v) is 4.32. The molecule has 1 aromatic rings.